The molecule has 0 unspecified atom stereocenters. The summed E-state index contributed by atoms with van der Waals surface area (Å²) in [6.45, 7) is 2.96. The fourth-order valence-corrected chi connectivity index (χ4v) is 2.28. The third-order valence-electron chi connectivity index (χ3n) is 3.46. The Balaban J connectivity index is 2.02. The highest BCUT2D eigenvalue weighted by molar-refractivity contribution is 5.96. The molecule has 0 radical (unpaired) electrons. The van der Waals surface area contributed by atoms with Gasteiger partial charge in [-0.15, -0.1) is 13.2 Å². The van der Waals surface area contributed by atoms with Crippen LogP contribution in [0.2, 0.25) is 0 Å². The first-order chi connectivity index (χ1) is 12.9. The number of para-hydroxylation sites is 2. The maximum absolute atomic E-state index is 12.5. The maximum Gasteiger partial charge on any atom is 0.573 e. The number of halogens is 3. The smallest absolute Gasteiger partial charge is 0.490 e. The van der Waals surface area contributed by atoms with Gasteiger partial charge in [0, 0.05) is 18.7 Å². The molecule has 0 aliphatic carbocycles. The molecule has 2 rings (SSSR count). The van der Waals surface area contributed by atoms with Crippen LogP contribution in [0.4, 0.5) is 13.2 Å². The standard InChI is InChI=1S/C19H20F3NO4/c1-2-25-11-12-26-17-10-6-4-8-15(17)18(24)23-13-14-7-3-5-9-16(14)27-19(20,21)22/h3-10H,2,11-13H2,1H3,(H,23,24). The highest BCUT2D eigenvalue weighted by Crippen LogP contribution is 2.26. The van der Waals surface area contributed by atoms with E-state index in [0.29, 0.717) is 19.0 Å². The number of rotatable bonds is 9. The molecule has 0 aromatic heterocycles. The fraction of sp³-hybridized carbons (Fsp3) is 0.316. The van der Waals surface area contributed by atoms with E-state index in [1.54, 1.807) is 30.3 Å². The Hall–Kier alpha value is -2.74. The largest absolute Gasteiger partial charge is 0.573 e. The normalized spacial score (nSPS) is 11.1. The van der Waals surface area contributed by atoms with E-state index in [1.165, 1.54) is 18.2 Å². The number of alkyl halides is 3. The minimum atomic E-state index is -4.80. The lowest BCUT2D eigenvalue weighted by Gasteiger charge is -2.14. The van der Waals surface area contributed by atoms with Crippen LogP contribution in [0.1, 0.15) is 22.8 Å². The number of benzene rings is 2. The Labute approximate surface area is 155 Å². The van der Waals surface area contributed by atoms with Crippen molar-refractivity contribution in [3.05, 3.63) is 59.7 Å². The molecule has 2 aromatic carbocycles. The van der Waals surface area contributed by atoms with Crippen LogP contribution >= 0.6 is 0 Å². The number of hydrogen-bond acceptors (Lipinski definition) is 4. The highest BCUT2D eigenvalue weighted by atomic mass is 19.4. The van der Waals surface area contributed by atoms with Crippen LogP contribution in [0.25, 0.3) is 0 Å². The van der Waals surface area contributed by atoms with Crippen molar-refractivity contribution in [3.8, 4) is 11.5 Å². The molecule has 1 amide bonds. The van der Waals surface area contributed by atoms with Crippen LogP contribution in [-0.4, -0.2) is 32.1 Å². The van der Waals surface area contributed by atoms with Crippen LogP contribution in [0.3, 0.4) is 0 Å². The van der Waals surface area contributed by atoms with E-state index in [-0.39, 0.29) is 30.0 Å². The number of nitrogens with one attached hydrogen (secondary N) is 1. The summed E-state index contributed by atoms with van der Waals surface area (Å²) in [5.74, 6) is -0.454. The Morgan fingerprint density at radius 1 is 1.00 bits per heavy atom. The van der Waals surface area contributed by atoms with Crippen molar-refractivity contribution in [2.24, 2.45) is 0 Å². The van der Waals surface area contributed by atoms with Crippen molar-refractivity contribution in [1.29, 1.82) is 0 Å². The van der Waals surface area contributed by atoms with Gasteiger partial charge in [0.05, 0.1) is 12.2 Å². The molecule has 0 saturated heterocycles. The van der Waals surface area contributed by atoms with E-state index in [4.69, 9.17) is 9.47 Å². The van der Waals surface area contributed by atoms with Crippen LogP contribution in [-0.2, 0) is 11.3 Å². The van der Waals surface area contributed by atoms with Gasteiger partial charge in [-0.1, -0.05) is 30.3 Å². The van der Waals surface area contributed by atoms with Crippen molar-refractivity contribution < 1.29 is 32.2 Å². The Kier molecular flexibility index (Phi) is 7.48. The second-order valence-corrected chi connectivity index (χ2v) is 5.38. The molecule has 0 spiro atoms. The lowest BCUT2D eigenvalue weighted by Crippen LogP contribution is -2.25. The zero-order valence-electron chi connectivity index (χ0n) is 14.7. The monoisotopic (exact) mass is 383 g/mol. The van der Waals surface area contributed by atoms with Gasteiger partial charge in [0.2, 0.25) is 0 Å². The molecule has 1 N–H and O–H groups in total. The van der Waals surface area contributed by atoms with E-state index in [0.717, 1.165) is 0 Å². The number of hydrogen-bond donors (Lipinski definition) is 1. The van der Waals surface area contributed by atoms with Gasteiger partial charge in [0.1, 0.15) is 18.1 Å². The van der Waals surface area contributed by atoms with Gasteiger partial charge in [0.15, 0.2) is 0 Å². The quantitative estimate of drug-likeness (QED) is 0.667. The predicted molar refractivity (Wildman–Crippen MR) is 92.7 cm³/mol. The molecule has 8 heteroatoms. The van der Waals surface area contributed by atoms with Gasteiger partial charge >= 0.3 is 6.36 Å². The lowest BCUT2D eigenvalue weighted by atomic mass is 10.1. The van der Waals surface area contributed by atoms with Gasteiger partial charge in [-0.25, -0.2) is 0 Å². The second-order valence-electron chi connectivity index (χ2n) is 5.38. The van der Waals surface area contributed by atoms with Gasteiger partial charge in [-0.2, -0.15) is 0 Å². The Bertz CT molecular complexity index is 750. The van der Waals surface area contributed by atoms with Crippen molar-refractivity contribution in [2.45, 2.75) is 19.8 Å². The molecular weight excluding hydrogens is 363 g/mol. The number of carbonyl (C=O) groups is 1. The predicted octanol–water partition coefficient (Wildman–Crippen LogP) is 3.93. The van der Waals surface area contributed by atoms with Crippen molar-refractivity contribution in [3.63, 3.8) is 0 Å². The zero-order chi connectivity index (χ0) is 19.7. The van der Waals surface area contributed by atoms with E-state index in [1.807, 2.05) is 6.92 Å². The SMILES string of the molecule is CCOCCOc1ccccc1C(=O)NCc1ccccc1OC(F)(F)F. The number of amides is 1. The molecule has 0 fully saturated rings. The third-order valence-corrected chi connectivity index (χ3v) is 3.46. The fourth-order valence-electron chi connectivity index (χ4n) is 2.28. The molecule has 0 aliphatic rings. The third kappa shape index (κ3) is 6.82. The van der Waals surface area contributed by atoms with Gasteiger partial charge < -0.3 is 19.5 Å². The first-order valence-corrected chi connectivity index (χ1v) is 8.32. The second kappa shape index (κ2) is 9.82. The zero-order valence-corrected chi connectivity index (χ0v) is 14.7. The molecule has 146 valence electrons. The molecule has 0 heterocycles. The summed E-state index contributed by atoms with van der Waals surface area (Å²) in [5.41, 5.74) is 0.487. The van der Waals surface area contributed by atoms with Gasteiger partial charge in [-0.05, 0) is 25.1 Å². The van der Waals surface area contributed by atoms with Crippen LogP contribution < -0.4 is 14.8 Å². The summed E-state index contributed by atoms with van der Waals surface area (Å²) < 4.78 is 52.1. The minimum absolute atomic E-state index is 0.127. The number of ether oxygens (including phenoxy) is 3. The van der Waals surface area contributed by atoms with Gasteiger partial charge in [0.25, 0.3) is 5.91 Å². The summed E-state index contributed by atoms with van der Waals surface area (Å²) in [5, 5.41) is 2.59. The summed E-state index contributed by atoms with van der Waals surface area (Å²) in [4.78, 5) is 12.4. The molecule has 5 nitrogen and oxygen atoms in total. The Morgan fingerprint density at radius 2 is 1.67 bits per heavy atom. The van der Waals surface area contributed by atoms with E-state index in [9.17, 15) is 18.0 Å². The van der Waals surface area contributed by atoms with E-state index in [2.05, 4.69) is 10.1 Å². The molecule has 0 atom stereocenters. The van der Waals surface area contributed by atoms with Crippen molar-refractivity contribution in [2.75, 3.05) is 19.8 Å². The maximum atomic E-state index is 12.5. The van der Waals surface area contributed by atoms with E-state index < -0.39 is 12.3 Å². The summed E-state index contributed by atoms with van der Waals surface area (Å²) in [7, 11) is 0. The molecule has 0 saturated carbocycles. The first-order valence-electron chi connectivity index (χ1n) is 8.32. The first kappa shape index (κ1) is 20.6. The summed E-state index contributed by atoms with van der Waals surface area (Å²) in [6, 6.07) is 12.2. The molecular formula is C19H20F3NO4. The van der Waals surface area contributed by atoms with Crippen LogP contribution in [0.15, 0.2) is 48.5 Å². The van der Waals surface area contributed by atoms with E-state index >= 15 is 0 Å². The average Bonchev–Trinajstić information content (AvgIpc) is 2.63. The summed E-state index contributed by atoms with van der Waals surface area (Å²) in [6.07, 6.45) is -4.80. The Morgan fingerprint density at radius 3 is 2.37 bits per heavy atom. The van der Waals surface area contributed by atoms with Crippen LogP contribution in [0, 0.1) is 0 Å². The average molecular weight is 383 g/mol. The highest BCUT2D eigenvalue weighted by Gasteiger charge is 2.32. The molecule has 0 aliphatic heterocycles. The van der Waals surface area contributed by atoms with Gasteiger partial charge in [-0.3, -0.25) is 4.79 Å². The van der Waals surface area contributed by atoms with Crippen molar-refractivity contribution in [1.82, 2.24) is 5.32 Å². The summed E-state index contributed by atoms with van der Waals surface area (Å²) >= 11 is 0. The topological polar surface area (TPSA) is 56.8 Å². The molecule has 27 heavy (non-hydrogen) atoms. The van der Waals surface area contributed by atoms with Crippen LogP contribution in [0.5, 0.6) is 11.5 Å². The lowest BCUT2D eigenvalue weighted by molar-refractivity contribution is -0.274. The molecule has 2 aromatic rings. The minimum Gasteiger partial charge on any atom is -0.490 e. The number of carbonyl (C=O) groups excluding carboxylic acids is 1. The van der Waals surface area contributed by atoms with Crippen molar-refractivity contribution >= 4 is 5.91 Å². The molecule has 0 bridgehead atoms.